The van der Waals surface area contributed by atoms with Crippen molar-refractivity contribution in [2.75, 3.05) is 13.2 Å². The average Bonchev–Trinajstić information content (AvgIpc) is 3.16. The normalized spacial score (nSPS) is 22.5. The van der Waals surface area contributed by atoms with E-state index in [0.717, 1.165) is 23.8 Å². The molecule has 2 atom stereocenters. The van der Waals surface area contributed by atoms with Gasteiger partial charge in [-0.05, 0) is 18.6 Å². The standard InChI is InChI=1S/C14H20N4O2/c1-3-13-16-14(18-17-13)10-7-19-8-11(10)15-6-12-9(2)4-5-20-12/h4-5,10-11,15H,3,6-8H2,1-2H3,(H,16,17,18)/t10-,11+/m1/s1. The van der Waals surface area contributed by atoms with Gasteiger partial charge in [0.05, 0.1) is 31.9 Å². The fourth-order valence-corrected chi connectivity index (χ4v) is 2.45. The number of nitrogens with zero attached hydrogens (tertiary/aromatic N) is 2. The lowest BCUT2D eigenvalue weighted by Gasteiger charge is -2.16. The number of rotatable bonds is 5. The number of aryl methyl sites for hydroxylation is 2. The van der Waals surface area contributed by atoms with Crippen LogP contribution in [0.5, 0.6) is 0 Å². The molecule has 0 aromatic carbocycles. The number of hydrogen-bond acceptors (Lipinski definition) is 5. The van der Waals surface area contributed by atoms with E-state index in [2.05, 4.69) is 27.4 Å². The molecule has 6 heteroatoms. The smallest absolute Gasteiger partial charge is 0.157 e. The maximum Gasteiger partial charge on any atom is 0.157 e. The predicted octanol–water partition coefficient (Wildman–Crippen LogP) is 1.54. The number of nitrogens with one attached hydrogen (secondary N) is 2. The maximum absolute atomic E-state index is 5.58. The number of H-pyrrole nitrogens is 1. The van der Waals surface area contributed by atoms with Crippen LogP contribution in [-0.2, 0) is 17.7 Å². The first-order chi connectivity index (χ1) is 9.78. The summed E-state index contributed by atoms with van der Waals surface area (Å²) in [7, 11) is 0. The molecule has 0 unspecified atom stereocenters. The molecule has 2 N–H and O–H groups in total. The minimum Gasteiger partial charge on any atom is -0.468 e. The molecule has 0 spiro atoms. The van der Waals surface area contributed by atoms with Crippen LogP contribution >= 0.6 is 0 Å². The van der Waals surface area contributed by atoms with Crippen LogP contribution in [0, 0.1) is 6.92 Å². The van der Waals surface area contributed by atoms with Gasteiger partial charge in [-0.15, -0.1) is 0 Å². The Kier molecular flexibility index (Phi) is 3.84. The van der Waals surface area contributed by atoms with Gasteiger partial charge in [-0.25, -0.2) is 4.98 Å². The zero-order chi connectivity index (χ0) is 13.9. The van der Waals surface area contributed by atoms with Crippen molar-refractivity contribution in [3.05, 3.63) is 35.3 Å². The first kappa shape index (κ1) is 13.3. The number of ether oxygens (including phenoxy) is 1. The molecular weight excluding hydrogens is 256 g/mol. The Morgan fingerprint density at radius 1 is 1.45 bits per heavy atom. The molecule has 0 amide bonds. The Hall–Kier alpha value is -1.66. The lowest BCUT2D eigenvalue weighted by molar-refractivity contribution is 0.186. The molecule has 0 bridgehead atoms. The first-order valence-electron chi connectivity index (χ1n) is 7.03. The Balaban J connectivity index is 1.65. The first-order valence-corrected chi connectivity index (χ1v) is 7.03. The van der Waals surface area contributed by atoms with Crippen LogP contribution in [0.25, 0.3) is 0 Å². The van der Waals surface area contributed by atoms with E-state index in [4.69, 9.17) is 9.15 Å². The van der Waals surface area contributed by atoms with Gasteiger partial charge >= 0.3 is 0 Å². The zero-order valence-corrected chi connectivity index (χ0v) is 11.8. The summed E-state index contributed by atoms with van der Waals surface area (Å²) in [5.41, 5.74) is 1.17. The second-order valence-corrected chi connectivity index (χ2v) is 5.15. The minimum absolute atomic E-state index is 0.196. The van der Waals surface area contributed by atoms with E-state index in [1.54, 1.807) is 6.26 Å². The molecular formula is C14H20N4O2. The highest BCUT2D eigenvalue weighted by molar-refractivity contribution is 5.15. The molecule has 1 saturated heterocycles. The van der Waals surface area contributed by atoms with E-state index in [0.29, 0.717) is 19.8 Å². The Morgan fingerprint density at radius 3 is 3.05 bits per heavy atom. The summed E-state index contributed by atoms with van der Waals surface area (Å²) >= 11 is 0. The highest BCUT2D eigenvalue weighted by Crippen LogP contribution is 2.23. The molecule has 2 aromatic rings. The number of hydrogen-bond donors (Lipinski definition) is 2. The van der Waals surface area contributed by atoms with Crippen molar-refractivity contribution in [3.8, 4) is 0 Å². The topological polar surface area (TPSA) is 76.0 Å². The summed E-state index contributed by atoms with van der Waals surface area (Å²) in [5.74, 6) is 2.93. The highest BCUT2D eigenvalue weighted by Gasteiger charge is 2.32. The maximum atomic E-state index is 5.58. The molecule has 1 aliphatic heterocycles. The SMILES string of the molecule is CCc1nc([C@@H]2COC[C@@H]2NCc2occc2C)n[nH]1. The van der Waals surface area contributed by atoms with Crippen LogP contribution in [-0.4, -0.2) is 34.4 Å². The second kappa shape index (κ2) is 5.76. The lowest BCUT2D eigenvalue weighted by Crippen LogP contribution is -2.34. The number of furan rings is 1. The summed E-state index contributed by atoms with van der Waals surface area (Å²) in [6, 6.07) is 2.20. The van der Waals surface area contributed by atoms with Crippen molar-refractivity contribution in [1.82, 2.24) is 20.5 Å². The van der Waals surface area contributed by atoms with Crippen LogP contribution in [0.3, 0.4) is 0 Å². The van der Waals surface area contributed by atoms with Crippen molar-refractivity contribution in [1.29, 1.82) is 0 Å². The number of aromatic nitrogens is 3. The van der Waals surface area contributed by atoms with Gasteiger partial charge < -0.3 is 14.5 Å². The quantitative estimate of drug-likeness (QED) is 0.866. The molecule has 3 heterocycles. The monoisotopic (exact) mass is 276 g/mol. The molecule has 20 heavy (non-hydrogen) atoms. The summed E-state index contributed by atoms with van der Waals surface area (Å²) in [6.45, 7) is 6.15. The Bertz CT molecular complexity index is 563. The minimum atomic E-state index is 0.196. The van der Waals surface area contributed by atoms with Crippen molar-refractivity contribution in [3.63, 3.8) is 0 Å². The molecule has 6 nitrogen and oxygen atoms in total. The summed E-state index contributed by atoms with van der Waals surface area (Å²) in [4.78, 5) is 4.51. The van der Waals surface area contributed by atoms with Gasteiger partial charge in [-0.2, -0.15) is 5.10 Å². The Labute approximate surface area is 117 Å². The van der Waals surface area contributed by atoms with Crippen molar-refractivity contribution in [2.45, 2.75) is 38.8 Å². The molecule has 2 aromatic heterocycles. The molecule has 3 rings (SSSR count). The molecule has 108 valence electrons. The van der Waals surface area contributed by atoms with Gasteiger partial charge in [0.25, 0.3) is 0 Å². The third-order valence-corrected chi connectivity index (χ3v) is 3.79. The number of aromatic amines is 1. The molecule has 1 fully saturated rings. The largest absolute Gasteiger partial charge is 0.468 e. The van der Waals surface area contributed by atoms with Gasteiger partial charge in [0.1, 0.15) is 11.6 Å². The molecule has 0 radical (unpaired) electrons. The summed E-state index contributed by atoms with van der Waals surface area (Å²) in [6.07, 6.45) is 2.59. The van der Waals surface area contributed by atoms with E-state index < -0.39 is 0 Å². The average molecular weight is 276 g/mol. The van der Waals surface area contributed by atoms with Crippen molar-refractivity contribution < 1.29 is 9.15 Å². The van der Waals surface area contributed by atoms with E-state index in [1.807, 2.05) is 13.0 Å². The highest BCUT2D eigenvalue weighted by atomic mass is 16.5. The summed E-state index contributed by atoms with van der Waals surface area (Å²) < 4.78 is 11.0. The van der Waals surface area contributed by atoms with E-state index in [-0.39, 0.29) is 12.0 Å². The fraction of sp³-hybridized carbons (Fsp3) is 0.571. The predicted molar refractivity (Wildman–Crippen MR) is 73.4 cm³/mol. The van der Waals surface area contributed by atoms with Crippen LogP contribution in [0.15, 0.2) is 16.7 Å². The third-order valence-electron chi connectivity index (χ3n) is 3.79. The molecule has 0 aliphatic carbocycles. The van der Waals surface area contributed by atoms with Crippen LogP contribution in [0.4, 0.5) is 0 Å². The fourth-order valence-electron chi connectivity index (χ4n) is 2.45. The lowest BCUT2D eigenvalue weighted by atomic mass is 10.0. The summed E-state index contributed by atoms with van der Waals surface area (Å²) in [5, 5.41) is 10.8. The zero-order valence-electron chi connectivity index (χ0n) is 11.8. The van der Waals surface area contributed by atoms with Gasteiger partial charge in [-0.3, -0.25) is 5.10 Å². The van der Waals surface area contributed by atoms with Crippen LogP contribution < -0.4 is 5.32 Å². The molecule has 0 saturated carbocycles. The van der Waals surface area contributed by atoms with Crippen LogP contribution in [0.2, 0.25) is 0 Å². The van der Waals surface area contributed by atoms with E-state index in [9.17, 15) is 0 Å². The van der Waals surface area contributed by atoms with Gasteiger partial charge in [0, 0.05) is 12.5 Å². The second-order valence-electron chi connectivity index (χ2n) is 5.15. The van der Waals surface area contributed by atoms with Gasteiger partial charge in [0.2, 0.25) is 0 Å². The molecule has 1 aliphatic rings. The Morgan fingerprint density at radius 2 is 2.35 bits per heavy atom. The van der Waals surface area contributed by atoms with Gasteiger partial charge in [0.15, 0.2) is 5.82 Å². The third kappa shape index (κ3) is 2.62. The van der Waals surface area contributed by atoms with E-state index in [1.165, 1.54) is 5.56 Å². The van der Waals surface area contributed by atoms with Crippen molar-refractivity contribution in [2.24, 2.45) is 0 Å². The van der Waals surface area contributed by atoms with Gasteiger partial charge in [-0.1, -0.05) is 6.92 Å². The van der Waals surface area contributed by atoms with E-state index >= 15 is 0 Å². The van der Waals surface area contributed by atoms with Crippen LogP contribution in [0.1, 0.15) is 35.8 Å². The van der Waals surface area contributed by atoms with Crippen molar-refractivity contribution >= 4 is 0 Å².